The van der Waals surface area contributed by atoms with E-state index in [-0.39, 0.29) is 0 Å². The largest absolute Gasteiger partial charge is 0.384 e. The zero-order valence-corrected chi connectivity index (χ0v) is 8.30. The molecule has 0 radical (unpaired) electrons. The van der Waals surface area contributed by atoms with Gasteiger partial charge < -0.3 is 10.3 Å². The third-order valence-electron chi connectivity index (χ3n) is 2.56. The Kier molecular flexibility index (Phi) is 1.74. The molecule has 4 nitrogen and oxygen atoms in total. The van der Waals surface area contributed by atoms with E-state index in [0.29, 0.717) is 11.7 Å². The van der Waals surface area contributed by atoms with Crippen LogP contribution in [0.4, 0.5) is 5.82 Å². The number of aromatic nitrogens is 3. The Morgan fingerprint density at radius 1 is 1.20 bits per heavy atom. The summed E-state index contributed by atoms with van der Waals surface area (Å²) in [7, 11) is 0. The van der Waals surface area contributed by atoms with Crippen LogP contribution in [0.1, 0.15) is 24.6 Å². The molecule has 0 atom stereocenters. The number of anilines is 1. The topological polar surface area (TPSA) is 56.7 Å². The molecule has 1 aliphatic carbocycles. The highest BCUT2D eigenvalue weighted by Crippen LogP contribution is 2.38. The van der Waals surface area contributed by atoms with E-state index in [1.165, 1.54) is 12.8 Å². The normalized spacial score (nSPS) is 15.5. The van der Waals surface area contributed by atoms with Crippen LogP contribution in [0.5, 0.6) is 0 Å². The number of hydrogen-bond acceptors (Lipinski definition) is 3. The van der Waals surface area contributed by atoms with E-state index in [4.69, 9.17) is 5.73 Å². The van der Waals surface area contributed by atoms with Crippen molar-refractivity contribution in [1.82, 2.24) is 14.5 Å². The van der Waals surface area contributed by atoms with E-state index in [9.17, 15) is 0 Å². The Balaban J connectivity index is 2.07. The summed E-state index contributed by atoms with van der Waals surface area (Å²) in [4.78, 5) is 8.77. The van der Waals surface area contributed by atoms with Gasteiger partial charge in [0.05, 0.1) is 0 Å². The highest BCUT2D eigenvalue weighted by molar-refractivity contribution is 5.38. The van der Waals surface area contributed by atoms with Gasteiger partial charge >= 0.3 is 0 Å². The summed E-state index contributed by atoms with van der Waals surface area (Å²) >= 11 is 0. The second kappa shape index (κ2) is 3.08. The highest BCUT2D eigenvalue weighted by Gasteiger charge is 2.27. The van der Waals surface area contributed by atoms with E-state index < -0.39 is 0 Å². The smallest absolute Gasteiger partial charge is 0.142 e. The summed E-state index contributed by atoms with van der Waals surface area (Å²) in [5.41, 5.74) is 5.77. The Bertz CT molecular complexity index is 471. The van der Waals surface area contributed by atoms with Gasteiger partial charge in [-0.1, -0.05) is 0 Å². The van der Waals surface area contributed by atoms with Crippen LogP contribution in [-0.2, 0) is 0 Å². The second-order valence-corrected chi connectivity index (χ2v) is 3.87. The fourth-order valence-corrected chi connectivity index (χ4v) is 1.62. The standard InChI is InChI=1S/C11H12N4/c12-9-7-10(15-5-1-2-6-15)14-11(13-9)8-3-4-8/h1-2,5-8H,3-4H2,(H2,12,13,14). The zero-order valence-electron chi connectivity index (χ0n) is 8.30. The predicted octanol–water partition coefficient (Wildman–Crippen LogP) is 1.73. The Morgan fingerprint density at radius 3 is 2.60 bits per heavy atom. The first kappa shape index (κ1) is 8.47. The van der Waals surface area contributed by atoms with Crippen molar-refractivity contribution in [3.63, 3.8) is 0 Å². The Hall–Kier alpha value is -1.84. The van der Waals surface area contributed by atoms with Crippen molar-refractivity contribution in [3.8, 4) is 5.82 Å². The molecule has 2 aromatic rings. The molecule has 2 heterocycles. The van der Waals surface area contributed by atoms with Crippen molar-refractivity contribution in [2.24, 2.45) is 0 Å². The fraction of sp³-hybridized carbons (Fsp3) is 0.273. The molecule has 0 saturated heterocycles. The minimum absolute atomic E-state index is 0.530. The van der Waals surface area contributed by atoms with Gasteiger partial charge in [0.25, 0.3) is 0 Å². The minimum Gasteiger partial charge on any atom is -0.384 e. The highest BCUT2D eigenvalue weighted by atomic mass is 15.1. The van der Waals surface area contributed by atoms with Gasteiger partial charge in [0, 0.05) is 24.4 Å². The molecule has 2 N–H and O–H groups in total. The average Bonchev–Trinajstić information content (AvgIpc) is 2.93. The van der Waals surface area contributed by atoms with Crippen molar-refractivity contribution in [3.05, 3.63) is 36.4 Å². The molecule has 2 aromatic heterocycles. The molecule has 0 bridgehead atoms. The first-order valence-electron chi connectivity index (χ1n) is 5.11. The van der Waals surface area contributed by atoms with Gasteiger partial charge in [-0.15, -0.1) is 0 Å². The van der Waals surface area contributed by atoms with Crippen molar-refractivity contribution in [2.75, 3.05) is 5.73 Å². The molecule has 1 fully saturated rings. The van der Waals surface area contributed by atoms with E-state index in [0.717, 1.165) is 11.6 Å². The lowest BCUT2D eigenvalue weighted by molar-refractivity contribution is 0.886. The zero-order chi connectivity index (χ0) is 10.3. The van der Waals surface area contributed by atoms with Gasteiger partial charge in [-0.2, -0.15) is 0 Å². The molecule has 1 saturated carbocycles. The van der Waals surface area contributed by atoms with Crippen LogP contribution in [0.3, 0.4) is 0 Å². The Labute approximate surface area is 87.8 Å². The second-order valence-electron chi connectivity index (χ2n) is 3.87. The van der Waals surface area contributed by atoms with Crippen LogP contribution in [0.2, 0.25) is 0 Å². The molecular formula is C11H12N4. The summed E-state index contributed by atoms with van der Waals surface area (Å²) in [6.07, 6.45) is 6.29. The average molecular weight is 200 g/mol. The summed E-state index contributed by atoms with van der Waals surface area (Å²) < 4.78 is 1.95. The van der Waals surface area contributed by atoms with E-state index in [2.05, 4.69) is 9.97 Å². The lowest BCUT2D eigenvalue weighted by atomic mass is 10.4. The quantitative estimate of drug-likeness (QED) is 0.803. The molecule has 76 valence electrons. The molecule has 0 aliphatic heterocycles. The van der Waals surface area contributed by atoms with E-state index in [1.54, 1.807) is 6.07 Å². The molecule has 15 heavy (non-hydrogen) atoms. The molecule has 4 heteroatoms. The third-order valence-corrected chi connectivity index (χ3v) is 2.56. The maximum atomic E-state index is 5.77. The minimum atomic E-state index is 0.530. The number of rotatable bonds is 2. The molecule has 3 rings (SSSR count). The van der Waals surface area contributed by atoms with Crippen LogP contribution in [0.25, 0.3) is 5.82 Å². The van der Waals surface area contributed by atoms with Gasteiger partial charge in [0.15, 0.2) is 0 Å². The van der Waals surface area contributed by atoms with Crippen LogP contribution in [0, 0.1) is 0 Å². The summed E-state index contributed by atoms with van der Waals surface area (Å²) in [5, 5.41) is 0. The van der Waals surface area contributed by atoms with Crippen molar-refractivity contribution in [1.29, 1.82) is 0 Å². The fourth-order valence-electron chi connectivity index (χ4n) is 1.62. The third kappa shape index (κ3) is 1.58. The van der Waals surface area contributed by atoms with Crippen molar-refractivity contribution >= 4 is 5.82 Å². The molecule has 1 aliphatic rings. The maximum Gasteiger partial charge on any atom is 0.142 e. The van der Waals surface area contributed by atoms with Crippen LogP contribution in [0.15, 0.2) is 30.6 Å². The SMILES string of the molecule is Nc1cc(-n2cccc2)nc(C2CC2)n1. The molecule has 0 aromatic carbocycles. The van der Waals surface area contributed by atoms with Gasteiger partial charge in [0.1, 0.15) is 17.5 Å². The van der Waals surface area contributed by atoms with E-state index in [1.807, 2.05) is 29.1 Å². The number of nitrogens with zero attached hydrogens (tertiary/aromatic N) is 3. The lowest BCUT2D eigenvalue weighted by Crippen LogP contribution is -2.03. The monoisotopic (exact) mass is 200 g/mol. The first-order valence-corrected chi connectivity index (χ1v) is 5.11. The number of nitrogens with two attached hydrogens (primary N) is 1. The summed E-state index contributed by atoms with van der Waals surface area (Å²) in [6, 6.07) is 5.73. The van der Waals surface area contributed by atoms with Crippen molar-refractivity contribution in [2.45, 2.75) is 18.8 Å². The molecular weight excluding hydrogens is 188 g/mol. The molecule has 0 spiro atoms. The first-order chi connectivity index (χ1) is 7.33. The van der Waals surface area contributed by atoms with Crippen molar-refractivity contribution < 1.29 is 0 Å². The Morgan fingerprint density at radius 2 is 1.93 bits per heavy atom. The molecule has 0 unspecified atom stereocenters. The van der Waals surface area contributed by atoms with Gasteiger partial charge in [-0.05, 0) is 25.0 Å². The van der Waals surface area contributed by atoms with Crippen LogP contribution < -0.4 is 5.73 Å². The predicted molar refractivity (Wildman–Crippen MR) is 57.7 cm³/mol. The van der Waals surface area contributed by atoms with Crippen LogP contribution >= 0.6 is 0 Å². The number of hydrogen-bond donors (Lipinski definition) is 1. The summed E-state index contributed by atoms with van der Waals surface area (Å²) in [5.74, 6) is 2.83. The lowest BCUT2D eigenvalue weighted by Gasteiger charge is -2.05. The molecule has 0 amide bonds. The summed E-state index contributed by atoms with van der Waals surface area (Å²) in [6.45, 7) is 0. The number of nitrogen functional groups attached to an aromatic ring is 1. The van der Waals surface area contributed by atoms with Gasteiger partial charge in [-0.25, -0.2) is 9.97 Å². The van der Waals surface area contributed by atoms with Crippen LogP contribution in [-0.4, -0.2) is 14.5 Å². The maximum absolute atomic E-state index is 5.77. The van der Waals surface area contributed by atoms with Gasteiger partial charge in [0.2, 0.25) is 0 Å². The van der Waals surface area contributed by atoms with E-state index >= 15 is 0 Å². The van der Waals surface area contributed by atoms with Gasteiger partial charge in [-0.3, -0.25) is 0 Å².